The third-order valence-corrected chi connectivity index (χ3v) is 16.8. The number of carbonyl (C=O) groups is 3. The predicted molar refractivity (Wildman–Crippen MR) is 311 cm³/mol. The molecule has 3 aliphatic heterocycles. The summed E-state index contributed by atoms with van der Waals surface area (Å²) in [6, 6.07) is -2.52. The number of aliphatic hydroxyl groups excluding tert-OH is 11. The maximum atomic E-state index is 13.4. The van der Waals surface area contributed by atoms with Gasteiger partial charge in [-0.25, -0.2) is 4.79 Å². The topological polar surface area (TPSA) is 373 Å². The molecule has 3 aliphatic rings. The Balaban J connectivity index is 1.63. The highest BCUT2D eigenvalue weighted by Crippen LogP contribution is 2.38. The zero-order chi connectivity index (χ0) is 61.9. The highest BCUT2D eigenvalue weighted by molar-refractivity contribution is 5.77. The second-order valence-electron chi connectivity index (χ2n) is 24.0. The van der Waals surface area contributed by atoms with Crippen molar-refractivity contribution in [2.75, 3.05) is 26.4 Å². The fourth-order valence-corrected chi connectivity index (χ4v) is 11.6. The Labute approximate surface area is 499 Å². The molecular weight excluding hydrogens is 1100 g/mol. The monoisotopic (exact) mass is 1210 g/mol. The smallest absolute Gasteiger partial charge is 0.364 e. The van der Waals surface area contributed by atoms with Crippen molar-refractivity contribution in [1.29, 1.82) is 0 Å². The Morgan fingerprint density at radius 2 is 1.04 bits per heavy atom. The molecule has 3 fully saturated rings. The molecular formula is C61H114N2O21. The Hall–Kier alpha value is -2.27. The molecule has 0 spiro atoms. The summed E-state index contributed by atoms with van der Waals surface area (Å²) in [5, 5.41) is 136. The van der Waals surface area contributed by atoms with Crippen LogP contribution < -0.4 is 10.6 Å². The number of rotatable bonds is 48. The molecule has 3 saturated heterocycles. The lowest BCUT2D eigenvalue weighted by molar-refractivity contribution is -0.386. The molecule has 0 aromatic rings. The number of unbranched alkanes of at least 4 members (excludes halogenated alkanes) is 28. The van der Waals surface area contributed by atoms with E-state index < -0.39 is 148 Å². The Morgan fingerprint density at radius 3 is 1.49 bits per heavy atom. The summed E-state index contributed by atoms with van der Waals surface area (Å²) in [6.45, 7) is 2.19. The zero-order valence-electron chi connectivity index (χ0n) is 51.0. The number of carbonyl (C=O) groups excluding carboxylic acids is 2. The van der Waals surface area contributed by atoms with Gasteiger partial charge >= 0.3 is 5.97 Å². The third kappa shape index (κ3) is 26.8. The van der Waals surface area contributed by atoms with Crippen molar-refractivity contribution < 1.29 is 104 Å². The van der Waals surface area contributed by atoms with E-state index in [0.29, 0.717) is 19.3 Å². The molecule has 14 N–H and O–H groups in total. The summed E-state index contributed by atoms with van der Waals surface area (Å²) in [6.07, 6.45) is 6.85. The van der Waals surface area contributed by atoms with Crippen LogP contribution in [0.2, 0.25) is 0 Å². The minimum Gasteiger partial charge on any atom is -0.477 e. The van der Waals surface area contributed by atoms with Crippen LogP contribution in [0.15, 0.2) is 0 Å². The number of hydrogen-bond acceptors (Lipinski definition) is 20. The summed E-state index contributed by atoms with van der Waals surface area (Å²) in [4.78, 5) is 38.5. The van der Waals surface area contributed by atoms with Gasteiger partial charge in [0.1, 0.15) is 67.1 Å². The number of ether oxygens (including phenoxy) is 6. The number of carboxylic acid groups (broad SMARTS) is 1. The molecule has 0 aromatic carbocycles. The van der Waals surface area contributed by atoms with Gasteiger partial charge in [0.25, 0.3) is 5.79 Å². The van der Waals surface area contributed by atoms with E-state index in [1.165, 1.54) is 128 Å². The molecule has 0 aliphatic carbocycles. The second-order valence-corrected chi connectivity index (χ2v) is 24.0. The lowest BCUT2D eigenvalue weighted by atomic mass is 9.88. The number of nitrogens with one attached hydrogen (secondary N) is 2. The first-order valence-electron chi connectivity index (χ1n) is 32.4. The first-order chi connectivity index (χ1) is 40.4. The van der Waals surface area contributed by atoms with Crippen LogP contribution >= 0.6 is 0 Å². The van der Waals surface area contributed by atoms with Crippen molar-refractivity contribution in [2.24, 2.45) is 0 Å². The van der Waals surface area contributed by atoms with Crippen LogP contribution in [-0.2, 0) is 42.8 Å². The summed E-state index contributed by atoms with van der Waals surface area (Å²) in [5.74, 6) is -6.09. The fraction of sp³-hybridized carbons (Fsp3) is 0.951. The van der Waals surface area contributed by atoms with Crippen molar-refractivity contribution in [3.05, 3.63) is 0 Å². The van der Waals surface area contributed by atoms with Gasteiger partial charge in [-0.05, 0) is 12.8 Å². The normalized spacial score (nSPS) is 29.7. The second kappa shape index (κ2) is 43.4. The minimum absolute atomic E-state index is 0.228. The van der Waals surface area contributed by atoms with Gasteiger partial charge in [-0.1, -0.05) is 200 Å². The lowest BCUT2D eigenvalue weighted by Crippen LogP contribution is -2.70. The molecule has 23 nitrogen and oxygen atoms in total. The standard InChI is InChI=1S/C61H114N2O21/c1-4-6-8-10-12-14-16-18-20-21-23-25-27-29-31-33-35-48(71)63-42(43(68)34-32-30-28-26-24-22-19-17-15-13-11-9-7-5-2)40-79-58-53(75)52(74)55(47(39-66)81-58)82-59-54(76)57(51(73)46(38-65)80-59)84-61(60(77)78)36-44(69)49(62-41(3)67)56(83-61)50(72)45(70)37-64/h42-47,49-59,64-66,68-70,72-76H,4-40H2,1-3H3,(H,62,67)(H,63,71)(H,77,78). The van der Waals surface area contributed by atoms with Gasteiger partial charge < -0.3 is 100 Å². The Bertz CT molecular complexity index is 1720. The van der Waals surface area contributed by atoms with Crippen LogP contribution in [0.5, 0.6) is 0 Å². The Kier molecular flexibility index (Phi) is 39.3. The van der Waals surface area contributed by atoms with Crippen molar-refractivity contribution >= 4 is 17.8 Å². The van der Waals surface area contributed by atoms with E-state index in [1.807, 2.05) is 0 Å². The van der Waals surface area contributed by atoms with Crippen LogP contribution in [0.4, 0.5) is 0 Å². The van der Waals surface area contributed by atoms with Gasteiger partial charge in [-0.3, -0.25) is 9.59 Å². The molecule has 0 bridgehead atoms. The third-order valence-electron chi connectivity index (χ3n) is 16.8. The first-order valence-corrected chi connectivity index (χ1v) is 32.4. The highest BCUT2D eigenvalue weighted by atomic mass is 16.8. The molecule has 84 heavy (non-hydrogen) atoms. The molecule has 0 aromatic heterocycles. The van der Waals surface area contributed by atoms with Gasteiger partial charge in [0.2, 0.25) is 11.8 Å². The van der Waals surface area contributed by atoms with Gasteiger partial charge in [-0.2, -0.15) is 0 Å². The van der Waals surface area contributed by atoms with Gasteiger partial charge in [0.05, 0.1) is 50.7 Å². The number of hydrogen-bond donors (Lipinski definition) is 14. The van der Waals surface area contributed by atoms with E-state index in [4.69, 9.17) is 28.4 Å². The van der Waals surface area contributed by atoms with E-state index in [9.17, 15) is 75.7 Å². The molecule has 0 saturated carbocycles. The summed E-state index contributed by atoms with van der Waals surface area (Å²) in [5.41, 5.74) is 0. The van der Waals surface area contributed by atoms with Crippen LogP contribution in [-0.4, -0.2) is 215 Å². The molecule has 18 unspecified atom stereocenters. The van der Waals surface area contributed by atoms with Gasteiger partial charge in [-0.15, -0.1) is 0 Å². The molecule has 3 rings (SSSR count). The molecule has 2 amide bonds. The van der Waals surface area contributed by atoms with Crippen molar-refractivity contribution in [3.8, 4) is 0 Å². The number of aliphatic carboxylic acids is 1. The lowest BCUT2D eigenvalue weighted by Gasteiger charge is -2.50. The zero-order valence-corrected chi connectivity index (χ0v) is 51.0. The van der Waals surface area contributed by atoms with E-state index in [0.717, 1.165) is 58.3 Å². The molecule has 18 atom stereocenters. The quantitative estimate of drug-likeness (QED) is 0.0380. The van der Waals surface area contributed by atoms with Crippen LogP contribution in [0.25, 0.3) is 0 Å². The maximum Gasteiger partial charge on any atom is 0.364 e. The summed E-state index contributed by atoms with van der Waals surface area (Å²) in [7, 11) is 0. The average molecular weight is 1210 g/mol. The van der Waals surface area contributed by atoms with Gasteiger partial charge in [0, 0.05) is 19.8 Å². The van der Waals surface area contributed by atoms with E-state index in [1.54, 1.807) is 0 Å². The molecule has 23 heteroatoms. The first kappa shape index (κ1) is 76.0. The van der Waals surface area contributed by atoms with Crippen LogP contribution in [0, 0.1) is 0 Å². The van der Waals surface area contributed by atoms with Crippen molar-refractivity contribution in [3.63, 3.8) is 0 Å². The maximum absolute atomic E-state index is 13.4. The molecule has 0 radical (unpaired) electrons. The Morgan fingerprint density at radius 1 is 0.571 bits per heavy atom. The highest BCUT2D eigenvalue weighted by Gasteiger charge is 2.60. The van der Waals surface area contributed by atoms with Crippen molar-refractivity contribution in [1.82, 2.24) is 10.6 Å². The van der Waals surface area contributed by atoms with Crippen molar-refractivity contribution in [2.45, 2.75) is 342 Å². The number of carboxylic acids is 1. The number of aliphatic hydroxyl groups is 11. The predicted octanol–water partition coefficient (Wildman–Crippen LogP) is 4.17. The minimum atomic E-state index is -3.08. The summed E-state index contributed by atoms with van der Waals surface area (Å²) < 4.78 is 34.8. The van der Waals surface area contributed by atoms with Crippen LogP contribution in [0.1, 0.15) is 233 Å². The SMILES string of the molecule is CCCCCCCCCCCCCCCCCCC(=O)NC(COC1OC(CO)C(OC2OC(CO)C(O)C(OC3(C(=O)O)CC(O)C(NC(C)=O)C(C(O)C(O)CO)O3)C2O)C(O)C1O)C(O)CCCCCCCCCCCCCCCC. The van der Waals surface area contributed by atoms with Gasteiger partial charge in [0.15, 0.2) is 12.6 Å². The fourth-order valence-electron chi connectivity index (χ4n) is 11.6. The molecule has 494 valence electrons. The number of amides is 2. The average Bonchev–Trinajstić information content (AvgIpc) is 3.32. The van der Waals surface area contributed by atoms with Crippen LogP contribution in [0.3, 0.4) is 0 Å². The van der Waals surface area contributed by atoms with E-state index in [2.05, 4.69) is 24.5 Å². The van der Waals surface area contributed by atoms with E-state index in [-0.39, 0.29) is 18.9 Å². The van der Waals surface area contributed by atoms with E-state index >= 15 is 0 Å². The summed E-state index contributed by atoms with van der Waals surface area (Å²) >= 11 is 0. The molecule has 3 heterocycles. The largest absolute Gasteiger partial charge is 0.477 e.